The Hall–Kier alpha value is -1.09. The molecule has 0 spiro atoms. The molecule has 0 aromatic heterocycles. The third-order valence-corrected chi connectivity index (χ3v) is 4.84. The van der Waals surface area contributed by atoms with Crippen LogP contribution in [0, 0.1) is 22.7 Å². The van der Waals surface area contributed by atoms with Crippen molar-refractivity contribution >= 4 is 15.8 Å². The molecule has 1 atom stereocenters. The molecule has 0 radical (unpaired) electrons. The average molecular weight is 289 g/mol. The highest BCUT2D eigenvalue weighted by Gasteiger charge is 2.22. The molecule has 0 heterocycles. The molecule has 5 nitrogen and oxygen atoms in total. The SMILES string of the molecule is COC(=O)C(C)CS(=O)(=O)CCCCC(C)(C)C#N. The molecule has 0 bridgehead atoms. The van der Waals surface area contributed by atoms with Crippen LogP contribution in [0.2, 0.25) is 0 Å². The van der Waals surface area contributed by atoms with E-state index in [1.807, 2.05) is 13.8 Å². The maximum atomic E-state index is 11.8. The Bertz CT molecular complexity index is 434. The number of methoxy groups -OCH3 is 1. The lowest BCUT2D eigenvalue weighted by Gasteiger charge is -2.14. The van der Waals surface area contributed by atoms with Crippen molar-refractivity contribution in [2.75, 3.05) is 18.6 Å². The van der Waals surface area contributed by atoms with E-state index in [9.17, 15) is 13.2 Å². The van der Waals surface area contributed by atoms with Gasteiger partial charge in [0.2, 0.25) is 0 Å². The van der Waals surface area contributed by atoms with Crippen LogP contribution in [-0.2, 0) is 19.4 Å². The third-order valence-electron chi connectivity index (χ3n) is 2.92. The van der Waals surface area contributed by atoms with Crippen LogP contribution < -0.4 is 0 Å². The van der Waals surface area contributed by atoms with Crippen molar-refractivity contribution in [2.45, 2.75) is 40.0 Å². The van der Waals surface area contributed by atoms with Crippen LogP contribution in [0.5, 0.6) is 0 Å². The number of unbranched alkanes of at least 4 members (excludes halogenated alkanes) is 1. The molecular weight excluding hydrogens is 266 g/mol. The Morgan fingerprint density at radius 2 is 1.95 bits per heavy atom. The molecule has 0 aliphatic rings. The molecule has 0 fully saturated rings. The fourth-order valence-electron chi connectivity index (χ4n) is 1.68. The molecule has 0 saturated carbocycles. The lowest BCUT2D eigenvalue weighted by molar-refractivity contribution is -0.144. The van der Waals surface area contributed by atoms with E-state index in [2.05, 4.69) is 10.8 Å². The van der Waals surface area contributed by atoms with E-state index in [4.69, 9.17) is 5.26 Å². The normalized spacial score (nSPS) is 13.6. The van der Waals surface area contributed by atoms with Crippen LogP contribution in [0.1, 0.15) is 40.0 Å². The first-order valence-electron chi connectivity index (χ1n) is 6.33. The van der Waals surface area contributed by atoms with Crippen LogP contribution in [0.3, 0.4) is 0 Å². The maximum absolute atomic E-state index is 11.8. The predicted octanol–water partition coefficient (Wildman–Crippen LogP) is 1.93. The average Bonchev–Trinajstić information content (AvgIpc) is 2.33. The van der Waals surface area contributed by atoms with E-state index in [1.54, 1.807) is 6.92 Å². The van der Waals surface area contributed by atoms with Gasteiger partial charge in [-0.25, -0.2) is 8.42 Å². The monoisotopic (exact) mass is 289 g/mol. The van der Waals surface area contributed by atoms with Gasteiger partial charge in [-0.1, -0.05) is 13.3 Å². The third kappa shape index (κ3) is 7.83. The number of rotatable bonds is 8. The van der Waals surface area contributed by atoms with Gasteiger partial charge in [-0.2, -0.15) is 5.26 Å². The second-order valence-corrected chi connectivity index (χ2v) is 7.72. The Balaban J connectivity index is 4.13. The number of sulfone groups is 1. The predicted molar refractivity (Wildman–Crippen MR) is 73.1 cm³/mol. The number of hydrogen-bond donors (Lipinski definition) is 0. The van der Waals surface area contributed by atoms with Crippen LogP contribution >= 0.6 is 0 Å². The smallest absolute Gasteiger partial charge is 0.309 e. The molecule has 110 valence electrons. The lowest BCUT2D eigenvalue weighted by atomic mass is 9.89. The Morgan fingerprint density at radius 3 is 2.42 bits per heavy atom. The van der Waals surface area contributed by atoms with Crippen LogP contribution in [0.15, 0.2) is 0 Å². The van der Waals surface area contributed by atoms with Gasteiger partial charge in [0.25, 0.3) is 0 Å². The standard InChI is InChI=1S/C13H23NO4S/c1-11(12(15)18-4)9-19(16,17)8-6-5-7-13(2,3)10-14/h11H,5-9H2,1-4H3. The number of nitrogens with zero attached hydrogens (tertiary/aromatic N) is 1. The van der Waals surface area contributed by atoms with Gasteiger partial charge < -0.3 is 4.74 Å². The van der Waals surface area contributed by atoms with Gasteiger partial charge in [0.05, 0.1) is 36.0 Å². The van der Waals surface area contributed by atoms with Crippen molar-refractivity contribution < 1.29 is 17.9 Å². The zero-order valence-electron chi connectivity index (χ0n) is 12.1. The van der Waals surface area contributed by atoms with Gasteiger partial charge in [-0.15, -0.1) is 0 Å². The van der Waals surface area contributed by atoms with Gasteiger partial charge in [0.1, 0.15) is 0 Å². The van der Waals surface area contributed by atoms with E-state index in [0.717, 1.165) is 0 Å². The summed E-state index contributed by atoms with van der Waals surface area (Å²) in [6.07, 6.45) is 1.87. The zero-order chi connectivity index (χ0) is 15.1. The quantitative estimate of drug-likeness (QED) is 0.503. The van der Waals surface area contributed by atoms with E-state index in [-0.39, 0.29) is 11.5 Å². The minimum atomic E-state index is -3.24. The van der Waals surface area contributed by atoms with Crippen LogP contribution in [0.25, 0.3) is 0 Å². The first kappa shape index (κ1) is 17.9. The summed E-state index contributed by atoms with van der Waals surface area (Å²) in [6, 6.07) is 2.18. The highest BCUT2D eigenvalue weighted by atomic mass is 32.2. The fourth-order valence-corrected chi connectivity index (χ4v) is 3.39. The summed E-state index contributed by atoms with van der Waals surface area (Å²) in [4.78, 5) is 11.2. The summed E-state index contributed by atoms with van der Waals surface area (Å²) in [5.74, 6) is -1.27. The summed E-state index contributed by atoms with van der Waals surface area (Å²) in [7, 11) is -2.00. The summed E-state index contributed by atoms with van der Waals surface area (Å²) in [6.45, 7) is 5.21. The van der Waals surface area contributed by atoms with E-state index < -0.39 is 27.1 Å². The van der Waals surface area contributed by atoms with E-state index in [1.165, 1.54) is 7.11 Å². The van der Waals surface area contributed by atoms with Crippen molar-refractivity contribution in [3.8, 4) is 6.07 Å². The first-order chi connectivity index (χ1) is 8.63. The number of nitriles is 1. The largest absolute Gasteiger partial charge is 0.469 e. The Kier molecular flexibility index (Phi) is 7.06. The van der Waals surface area contributed by atoms with Crippen molar-refractivity contribution in [1.29, 1.82) is 5.26 Å². The van der Waals surface area contributed by atoms with Gasteiger partial charge in [0.15, 0.2) is 9.84 Å². The van der Waals surface area contributed by atoms with Gasteiger partial charge >= 0.3 is 5.97 Å². The Morgan fingerprint density at radius 1 is 1.37 bits per heavy atom. The van der Waals surface area contributed by atoms with Crippen LogP contribution in [-0.4, -0.2) is 33.0 Å². The fraction of sp³-hybridized carbons (Fsp3) is 0.846. The highest BCUT2D eigenvalue weighted by Crippen LogP contribution is 2.22. The summed E-state index contributed by atoms with van der Waals surface area (Å²) >= 11 is 0. The summed E-state index contributed by atoms with van der Waals surface area (Å²) < 4.78 is 28.1. The van der Waals surface area contributed by atoms with Gasteiger partial charge in [-0.05, 0) is 26.7 Å². The molecule has 6 heteroatoms. The lowest BCUT2D eigenvalue weighted by Crippen LogP contribution is -2.24. The van der Waals surface area contributed by atoms with Crippen LogP contribution in [0.4, 0.5) is 0 Å². The van der Waals surface area contributed by atoms with Crippen molar-refractivity contribution in [1.82, 2.24) is 0 Å². The Labute approximate surface area is 115 Å². The van der Waals surface area contributed by atoms with Crippen molar-refractivity contribution in [2.24, 2.45) is 11.3 Å². The maximum Gasteiger partial charge on any atom is 0.309 e. The second kappa shape index (κ2) is 7.49. The molecule has 19 heavy (non-hydrogen) atoms. The molecule has 0 saturated heterocycles. The number of esters is 1. The van der Waals surface area contributed by atoms with Gasteiger partial charge in [0, 0.05) is 0 Å². The molecule has 0 aliphatic heterocycles. The second-order valence-electron chi connectivity index (χ2n) is 5.49. The minimum absolute atomic E-state index is 0.0514. The van der Waals surface area contributed by atoms with Crippen molar-refractivity contribution in [3.63, 3.8) is 0 Å². The molecule has 0 amide bonds. The number of carbonyl (C=O) groups excluding carboxylic acids is 1. The topological polar surface area (TPSA) is 84.2 Å². The molecule has 0 N–H and O–H groups in total. The molecule has 0 aliphatic carbocycles. The first-order valence-corrected chi connectivity index (χ1v) is 8.15. The molecular formula is C13H23NO4S. The van der Waals surface area contributed by atoms with E-state index in [0.29, 0.717) is 19.3 Å². The number of carbonyl (C=O) groups is 1. The number of hydrogen-bond acceptors (Lipinski definition) is 5. The summed E-state index contributed by atoms with van der Waals surface area (Å²) in [5.41, 5.74) is -0.414. The molecule has 0 aromatic rings. The molecule has 0 rings (SSSR count). The van der Waals surface area contributed by atoms with Crippen molar-refractivity contribution in [3.05, 3.63) is 0 Å². The molecule has 1 unspecified atom stereocenters. The summed E-state index contributed by atoms with van der Waals surface area (Å²) in [5, 5.41) is 8.84. The van der Waals surface area contributed by atoms with E-state index >= 15 is 0 Å². The minimum Gasteiger partial charge on any atom is -0.469 e. The molecule has 0 aromatic carbocycles. The number of ether oxygens (including phenoxy) is 1. The zero-order valence-corrected chi connectivity index (χ0v) is 12.9. The highest BCUT2D eigenvalue weighted by molar-refractivity contribution is 7.91. The van der Waals surface area contributed by atoms with Gasteiger partial charge in [-0.3, -0.25) is 4.79 Å².